The van der Waals surface area contributed by atoms with Crippen molar-refractivity contribution in [3.8, 4) is 5.69 Å². The number of benzene rings is 2. The van der Waals surface area contributed by atoms with Crippen molar-refractivity contribution in [2.75, 3.05) is 0 Å². The number of hydrogen-bond acceptors (Lipinski definition) is 2. The maximum Gasteiger partial charge on any atom is 0.280 e. The molecule has 1 aromatic heterocycles. The van der Waals surface area contributed by atoms with Gasteiger partial charge in [0.2, 0.25) is 0 Å². The van der Waals surface area contributed by atoms with Crippen LogP contribution in [0.15, 0.2) is 64.4 Å². The van der Waals surface area contributed by atoms with Crippen LogP contribution >= 0.6 is 0 Å². The standard InChI is InChI=1S/C20H21N3O/c1-14(2)17-11-7-8-12-19(17)21-13-18-15(3)22-23(20(18)24)16-9-5-4-6-10-16/h4-14,22H,1-3H3. The van der Waals surface area contributed by atoms with Crippen molar-refractivity contribution in [1.82, 2.24) is 9.78 Å². The van der Waals surface area contributed by atoms with Crippen LogP contribution in [0.5, 0.6) is 0 Å². The van der Waals surface area contributed by atoms with E-state index >= 15 is 0 Å². The summed E-state index contributed by atoms with van der Waals surface area (Å²) in [5.74, 6) is 0.381. The molecular formula is C20H21N3O. The van der Waals surface area contributed by atoms with E-state index in [0.717, 1.165) is 17.1 Å². The average Bonchev–Trinajstić information content (AvgIpc) is 2.88. The molecule has 0 unspecified atom stereocenters. The number of hydrogen-bond donors (Lipinski definition) is 1. The normalized spacial score (nSPS) is 11.5. The van der Waals surface area contributed by atoms with E-state index in [2.05, 4.69) is 30.0 Å². The number of para-hydroxylation sites is 2. The summed E-state index contributed by atoms with van der Waals surface area (Å²) in [5.41, 5.74) is 4.17. The van der Waals surface area contributed by atoms with Crippen LogP contribution < -0.4 is 5.56 Å². The van der Waals surface area contributed by atoms with Gasteiger partial charge in [-0.05, 0) is 36.6 Å². The van der Waals surface area contributed by atoms with E-state index in [9.17, 15) is 4.79 Å². The fourth-order valence-electron chi connectivity index (χ4n) is 2.70. The molecule has 3 aromatic rings. The molecule has 1 heterocycles. The SMILES string of the molecule is Cc1[nH]n(-c2ccccc2)c(=O)c1C=Nc1ccccc1C(C)C. The molecule has 0 saturated heterocycles. The van der Waals surface area contributed by atoms with Gasteiger partial charge < -0.3 is 0 Å². The van der Waals surface area contributed by atoms with Crippen molar-refractivity contribution in [2.45, 2.75) is 26.7 Å². The Bertz CT molecular complexity index is 918. The fraction of sp³-hybridized carbons (Fsp3) is 0.200. The Kier molecular flexibility index (Phi) is 4.47. The number of aromatic nitrogens is 2. The third-order valence-corrected chi connectivity index (χ3v) is 4.02. The van der Waals surface area contributed by atoms with Crippen LogP contribution in [0.1, 0.15) is 36.6 Å². The fourth-order valence-corrected chi connectivity index (χ4v) is 2.70. The van der Waals surface area contributed by atoms with Gasteiger partial charge in [-0.3, -0.25) is 14.9 Å². The molecular weight excluding hydrogens is 298 g/mol. The van der Waals surface area contributed by atoms with E-state index in [-0.39, 0.29) is 5.56 Å². The van der Waals surface area contributed by atoms with Crippen molar-refractivity contribution in [2.24, 2.45) is 4.99 Å². The summed E-state index contributed by atoms with van der Waals surface area (Å²) in [5, 5.41) is 3.12. The third-order valence-electron chi connectivity index (χ3n) is 4.02. The zero-order chi connectivity index (χ0) is 17.1. The Labute approximate surface area is 141 Å². The Balaban J connectivity index is 2.01. The monoisotopic (exact) mass is 319 g/mol. The number of aliphatic imine (C=N–C) groups is 1. The molecule has 4 heteroatoms. The molecule has 122 valence electrons. The minimum atomic E-state index is -0.0931. The van der Waals surface area contributed by atoms with E-state index in [1.807, 2.05) is 55.5 Å². The van der Waals surface area contributed by atoms with Gasteiger partial charge in [-0.25, -0.2) is 4.68 Å². The van der Waals surface area contributed by atoms with Gasteiger partial charge in [0.25, 0.3) is 5.56 Å². The summed E-state index contributed by atoms with van der Waals surface area (Å²) in [6, 6.07) is 17.6. The molecule has 24 heavy (non-hydrogen) atoms. The Morgan fingerprint density at radius 3 is 2.42 bits per heavy atom. The first-order valence-corrected chi connectivity index (χ1v) is 8.08. The van der Waals surface area contributed by atoms with Gasteiger partial charge in [-0.2, -0.15) is 0 Å². The average molecular weight is 319 g/mol. The van der Waals surface area contributed by atoms with Gasteiger partial charge in [0.1, 0.15) is 0 Å². The van der Waals surface area contributed by atoms with Crippen molar-refractivity contribution in [1.29, 1.82) is 0 Å². The predicted molar refractivity (Wildman–Crippen MR) is 98.9 cm³/mol. The molecule has 0 atom stereocenters. The molecule has 0 spiro atoms. The van der Waals surface area contributed by atoms with E-state index in [1.54, 1.807) is 10.9 Å². The third kappa shape index (κ3) is 3.08. The van der Waals surface area contributed by atoms with Gasteiger partial charge in [0.15, 0.2) is 0 Å². The minimum absolute atomic E-state index is 0.0931. The summed E-state index contributed by atoms with van der Waals surface area (Å²) >= 11 is 0. The van der Waals surface area contributed by atoms with Crippen LogP contribution in [0, 0.1) is 6.92 Å². The summed E-state index contributed by atoms with van der Waals surface area (Å²) in [7, 11) is 0. The van der Waals surface area contributed by atoms with Gasteiger partial charge in [0, 0.05) is 11.9 Å². The summed E-state index contributed by atoms with van der Waals surface area (Å²) < 4.78 is 1.55. The van der Waals surface area contributed by atoms with Gasteiger partial charge in [0.05, 0.1) is 16.9 Å². The Hall–Kier alpha value is -2.88. The summed E-state index contributed by atoms with van der Waals surface area (Å²) in [4.78, 5) is 17.2. The number of nitrogens with one attached hydrogen (secondary N) is 1. The lowest BCUT2D eigenvalue weighted by Gasteiger charge is -2.08. The van der Waals surface area contributed by atoms with Crippen LogP contribution in [-0.4, -0.2) is 16.0 Å². The van der Waals surface area contributed by atoms with Gasteiger partial charge in [-0.1, -0.05) is 50.2 Å². The number of rotatable bonds is 4. The van der Waals surface area contributed by atoms with Crippen molar-refractivity contribution in [3.05, 3.63) is 81.8 Å². The van der Waals surface area contributed by atoms with E-state index in [0.29, 0.717) is 11.5 Å². The highest BCUT2D eigenvalue weighted by atomic mass is 16.1. The highest BCUT2D eigenvalue weighted by Gasteiger charge is 2.11. The molecule has 4 nitrogen and oxygen atoms in total. The van der Waals surface area contributed by atoms with Crippen LogP contribution in [0.3, 0.4) is 0 Å². The maximum atomic E-state index is 12.7. The first-order chi connectivity index (χ1) is 11.6. The molecule has 0 aliphatic heterocycles. The van der Waals surface area contributed by atoms with Crippen LogP contribution in [0.4, 0.5) is 5.69 Å². The van der Waals surface area contributed by atoms with Crippen molar-refractivity contribution in [3.63, 3.8) is 0 Å². The van der Waals surface area contributed by atoms with Gasteiger partial charge in [-0.15, -0.1) is 0 Å². The lowest BCUT2D eigenvalue weighted by Crippen LogP contribution is -2.17. The molecule has 0 amide bonds. The van der Waals surface area contributed by atoms with Crippen molar-refractivity contribution < 1.29 is 0 Å². The second kappa shape index (κ2) is 6.71. The lowest BCUT2D eigenvalue weighted by atomic mass is 10.0. The Morgan fingerprint density at radius 2 is 1.71 bits per heavy atom. The minimum Gasteiger partial charge on any atom is -0.295 e. The Morgan fingerprint density at radius 1 is 1.04 bits per heavy atom. The number of aromatic amines is 1. The van der Waals surface area contributed by atoms with E-state index < -0.39 is 0 Å². The molecule has 2 aromatic carbocycles. The molecule has 0 aliphatic rings. The van der Waals surface area contributed by atoms with Crippen molar-refractivity contribution >= 4 is 11.9 Å². The lowest BCUT2D eigenvalue weighted by molar-refractivity contribution is 0.835. The highest BCUT2D eigenvalue weighted by Crippen LogP contribution is 2.26. The van der Waals surface area contributed by atoms with Crippen LogP contribution in [0.25, 0.3) is 5.69 Å². The molecule has 0 radical (unpaired) electrons. The number of nitrogens with zero attached hydrogens (tertiary/aromatic N) is 2. The molecule has 3 rings (SSSR count). The van der Waals surface area contributed by atoms with Crippen LogP contribution in [0.2, 0.25) is 0 Å². The second-order valence-corrected chi connectivity index (χ2v) is 6.10. The highest BCUT2D eigenvalue weighted by molar-refractivity contribution is 5.83. The van der Waals surface area contributed by atoms with E-state index in [1.165, 1.54) is 5.56 Å². The zero-order valence-corrected chi connectivity index (χ0v) is 14.2. The quantitative estimate of drug-likeness (QED) is 0.714. The summed E-state index contributed by atoms with van der Waals surface area (Å²) in [6.45, 7) is 6.16. The smallest absolute Gasteiger partial charge is 0.280 e. The summed E-state index contributed by atoms with van der Waals surface area (Å²) in [6.07, 6.45) is 1.66. The second-order valence-electron chi connectivity index (χ2n) is 6.10. The molecule has 0 fully saturated rings. The molecule has 1 N–H and O–H groups in total. The molecule has 0 aliphatic carbocycles. The first kappa shape index (κ1) is 16.0. The largest absolute Gasteiger partial charge is 0.295 e. The molecule has 0 saturated carbocycles. The zero-order valence-electron chi connectivity index (χ0n) is 14.2. The van der Waals surface area contributed by atoms with Crippen LogP contribution in [-0.2, 0) is 0 Å². The number of aryl methyl sites for hydroxylation is 1. The van der Waals surface area contributed by atoms with E-state index in [4.69, 9.17) is 0 Å². The first-order valence-electron chi connectivity index (χ1n) is 8.08. The van der Waals surface area contributed by atoms with Gasteiger partial charge >= 0.3 is 0 Å². The predicted octanol–water partition coefficient (Wildman–Crippen LogP) is 4.35. The topological polar surface area (TPSA) is 50.1 Å². The number of H-pyrrole nitrogens is 1. The molecule has 0 bridgehead atoms. The maximum absolute atomic E-state index is 12.7.